The Morgan fingerprint density at radius 2 is 2.08 bits per heavy atom. The van der Waals surface area contributed by atoms with Crippen molar-refractivity contribution in [2.75, 3.05) is 25.0 Å². The largest absolute Gasteiger partial charge is 0.486 e. The Kier molecular flexibility index (Phi) is 7.68. The molecule has 37 heavy (non-hydrogen) atoms. The highest BCUT2D eigenvalue weighted by atomic mass is 16.5. The van der Waals surface area contributed by atoms with Crippen molar-refractivity contribution in [3.05, 3.63) is 96.1 Å². The molecular weight excluding hydrogens is 472 g/mol. The lowest BCUT2D eigenvalue weighted by molar-refractivity contribution is 0.0841. The number of rotatable bonds is 10. The lowest BCUT2D eigenvalue weighted by Gasteiger charge is -2.30. The number of carbonyl (C=O) groups is 1. The second-order valence-corrected chi connectivity index (χ2v) is 8.83. The quantitative estimate of drug-likeness (QED) is 0.301. The number of aliphatic hydroxyl groups excluding tert-OH is 1. The van der Waals surface area contributed by atoms with Crippen LogP contribution in [0.1, 0.15) is 27.2 Å². The molecule has 4 aromatic rings. The van der Waals surface area contributed by atoms with Gasteiger partial charge in [-0.1, -0.05) is 6.07 Å². The second-order valence-electron chi connectivity index (χ2n) is 8.83. The van der Waals surface area contributed by atoms with E-state index in [2.05, 4.69) is 42.6 Å². The zero-order valence-corrected chi connectivity index (χ0v) is 20.2. The summed E-state index contributed by atoms with van der Waals surface area (Å²) in [7, 11) is 0. The molecule has 0 saturated heterocycles. The molecule has 1 amide bonds. The molecule has 0 radical (unpaired) electrons. The number of benzene rings is 1. The van der Waals surface area contributed by atoms with Crippen LogP contribution < -0.4 is 15.4 Å². The highest BCUT2D eigenvalue weighted by molar-refractivity contribution is 5.94. The number of carbonyl (C=O) groups excluding carboxylic acids is 1. The van der Waals surface area contributed by atoms with E-state index in [0.29, 0.717) is 30.3 Å². The first-order valence-corrected chi connectivity index (χ1v) is 12.1. The van der Waals surface area contributed by atoms with Gasteiger partial charge in [0.2, 0.25) is 0 Å². The van der Waals surface area contributed by atoms with Crippen LogP contribution in [-0.4, -0.2) is 56.6 Å². The maximum atomic E-state index is 12.6. The highest BCUT2D eigenvalue weighted by Gasteiger charge is 2.20. The SMILES string of the molecule is O=C(NCC(O)CN1CCc2cc(OCc3cnco3)ccc2C1)c1ccnc(Nc2cccnc2)c1. The molecule has 10 heteroatoms. The van der Waals surface area contributed by atoms with Crippen LogP contribution in [0.25, 0.3) is 0 Å². The van der Waals surface area contributed by atoms with E-state index in [1.165, 1.54) is 17.5 Å². The van der Waals surface area contributed by atoms with Crippen molar-refractivity contribution < 1.29 is 19.1 Å². The summed E-state index contributed by atoms with van der Waals surface area (Å²) in [6.07, 6.45) is 8.13. The van der Waals surface area contributed by atoms with Crippen LogP contribution in [0.4, 0.5) is 11.5 Å². The Morgan fingerprint density at radius 3 is 2.92 bits per heavy atom. The maximum absolute atomic E-state index is 12.6. The maximum Gasteiger partial charge on any atom is 0.251 e. The molecule has 3 aromatic heterocycles. The lowest BCUT2D eigenvalue weighted by atomic mass is 9.99. The Hall–Kier alpha value is -4.28. The number of oxazole rings is 1. The van der Waals surface area contributed by atoms with E-state index in [1.54, 1.807) is 36.9 Å². The molecule has 190 valence electrons. The number of ether oxygens (including phenoxy) is 1. The van der Waals surface area contributed by atoms with Crippen molar-refractivity contribution in [1.82, 2.24) is 25.2 Å². The van der Waals surface area contributed by atoms with Crippen LogP contribution in [0, 0.1) is 0 Å². The van der Waals surface area contributed by atoms with Crippen LogP contribution in [0.3, 0.4) is 0 Å². The summed E-state index contributed by atoms with van der Waals surface area (Å²) in [6, 6.07) is 13.1. The van der Waals surface area contributed by atoms with Crippen LogP contribution >= 0.6 is 0 Å². The van der Waals surface area contributed by atoms with Gasteiger partial charge in [-0.25, -0.2) is 9.97 Å². The molecular formula is C27H28N6O4. The number of fused-ring (bicyclic) bond motifs is 1. The van der Waals surface area contributed by atoms with E-state index < -0.39 is 6.10 Å². The third kappa shape index (κ3) is 6.69. The molecule has 1 aromatic carbocycles. The lowest BCUT2D eigenvalue weighted by Crippen LogP contribution is -2.42. The molecule has 0 bridgehead atoms. The van der Waals surface area contributed by atoms with Crippen molar-refractivity contribution in [1.29, 1.82) is 0 Å². The predicted molar refractivity (Wildman–Crippen MR) is 136 cm³/mol. The van der Waals surface area contributed by atoms with Gasteiger partial charge in [0, 0.05) is 44.1 Å². The number of nitrogens with one attached hydrogen (secondary N) is 2. The standard InChI is InChI=1S/C27H28N6O4/c34-23(13-31-27(35)20-5-8-30-26(11-20)32-22-2-1-7-28-12-22)16-33-9-6-19-10-24(4-3-21(19)15-33)36-17-25-14-29-18-37-25/h1-5,7-8,10-12,14,18,23,34H,6,9,13,15-17H2,(H,30,32)(H,31,35). The van der Waals surface area contributed by atoms with Gasteiger partial charge in [-0.05, 0) is 53.9 Å². The van der Waals surface area contributed by atoms with Gasteiger partial charge in [0.05, 0.1) is 24.2 Å². The smallest absolute Gasteiger partial charge is 0.251 e. The van der Waals surface area contributed by atoms with E-state index >= 15 is 0 Å². The Labute approximate surface area is 214 Å². The summed E-state index contributed by atoms with van der Waals surface area (Å²) < 4.78 is 11.0. The van der Waals surface area contributed by atoms with Gasteiger partial charge in [-0.15, -0.1) is 0 Å². The predicted octanol–water partition coefficient (Wildman–Crippen LogP) is 2.94. The molecule has 0 spiro atoms. The van der Waals surface area contributed by atoms with Gasteiger partial charge in [-0.3, -0.25) is 14.7 Å². The van der Waals surface area contributed by atoms with Gasteiger partial charge in [-0.2, -0.15) is 0 Å². The van der Waals surface area contributed by atoms with E-state index in [1.807, 2.05) is 18.2 Å². The van der Waals surface area contributed by atoms with E-state index in [4.69, 9.17) is 9.15 Å². The minimum Gasteiger partial charge on any atom is -0.486 e. The van der Waals surface area contributed by atoms with E-state index in [9.17, 15) is 9.90 Å². The first kappa shape index (κ1) is 24.4. The van der Waals surface area contributed by atoms with Crippen molar-refractivity contribution in [3.63, 3.8) is 0 Å². The first-order chi connectivity index (χ1) is 18.1. The number of hydrogen-bond acceptors (Lipinski definition) is 9. The molecule has 1 aliphatic rings. The number of aromatic nitrogens is 3. The van der Waals surface area contributed by atoms with Gasteiger partial charge in [0.25, 0.3) is 5.91 Å². The van der Waals surface area contributed by atoms with Gasteiger partial charge < -0.3 is 24.9 Å². The van der Waals surface area contributed by atoms with Crippen molar-refractivity contribution in [3.8, 4) is 5.75 Å². The number of anilines is 2. The van der Waals surface area contributed by atoms with Crippen LogP contribution in [0.15, 0.2) is 78.1 Å². The number of hydrogen-bond donors (Lipinski definition) is 3. The number of pyridine rings is 2. The summed E-state index contributed by atoms with van der Waals surface area (Å²) in [5.74, 6) is 1.74. The number of nitrogens with zero attached hydrogens (tertiary/aromatic N) is 4. The molecule has 0 fully saturated rings. The number of aliphatic hydroxyl groups is 1. The molecule has 1 aliphatic heterocycles. The van der Waals surface area contributed by atoms with Gasteiger partial charge >= 0.3 is 0 Å². The molecule has 1 atom stereocenters. The molecule has 5 rings (SSSR count). The Bertz CT molecular complexity index is 1320. The van der Waals surface area contributed by atoms with Gasteiger partial charge in [0.15, 0.2) is 12.2 Å². The van der Waals surface area contributed by atoms with Gasteiger partial charge in [0.1, 0.15) is 18.2 Å². The van der Waals surface area contributed by atoms with Crippen molar-refractivity contribution >= 4 is 17.4 Å². The fraction of sp³-hybridized carbons (Fsp3) is 0.259. The molecule has 0 saturated carbocycles. The first-order valence-electron chi connectivity index (χ1n) is 12.1. The Balaban J connectivity index is 1.08. The van der Waals surface area contributed by atoms with Crippen molar-refractivity contribution in [2.24, 2.45) is 0 Å². The summed E-state index contributed by atoms with van der Waals surface area (Å²) in [5, 5.41) is 16.5. The highest BCUT2D eigenvalue weighted by Crippen LogP contribution is 2.24. The molecule has 4 heterocycles. The van der Waals surface area contributed by atoms with E-state index in [0.717, 1.165) is 30.9 Å². The fourth-order valence-corrected chi connectivity index (χ4v) is 4.20. The summed E-state index contributed by atoms with van der Waals surface area (Å²) in [4.78, 5) is 27.0. The number of amides is 1. The third-order valence-corrected chi connectivity index (χ3v) is 6.06. The van der Waals surface area contributed by atoms with E-state index in [-0.39, 0.29) is 12.5 Å². The summed E-state index contributed by atoms with van der Waals surface area (Å²) >= 11 is 0. The topological polar surface area (TPSA) is 126 Å². The molecule has 10 nitrogen and oxygen atoms in total. The van der Waals surface area contributed by atoms with Crippen molar-refractivity contribution in [2.45, 2.75) is 25.7 Å². The normalized spacial score (nSPS) is 14.0. The number of β-amino-alcohol motifs (C(OH)–C–C–N with tert-alkyl or cyclic N) is 1. The average molecular weight is 501 g/mol. The fourth-order valence-electron chi connectivity index (χ4n) is 4.20. The zero-order chi connectivity index (χ0) is 25.5. The van der Waals surface area contributed by atoms with Crippen LogP contribution in [0.2, 0.25) is 0 Å². The van der Waals surface area contributed by atoms with Crippen LogP contribution in [-0.2, 0) is 19.6 Å². The third-order valence-electron chi connectivity index (χ3n) is 6.06. The molecule has 3 N–H and O–H groups in total. The Morgan fingerprint density at radius 1 is 1.14 bits per heavy atom. The van der Waals surface area contributed by atoms with Crippen LogP contribution in [0.5, 0.6) is 5.75 Å². The summed E-state index contributed by atoms with van der Waals surface area (Å²) in [5.41, 5.74) is 3.69. The monoisotopic (exact) mass is 500 g/mol. The second kappa shape index (κ2) is 11.6. The zero-order valence-electron chi connectivity index (χ0n) is 20.2. The molecule has 0 aliphatic carbocycles. The minimum absolute atomic E-state index is 0.157. The average Bonchev–Trinajstić information content (AvgIpc) is 3.45. The molecule has 1 unspecified atom stereocenters. The summed E-state index contributed by atoms with van der Waals surface area (Å²) in [6.45, 7) is 2.51. The minimum atomic E-state index is -0.690.